The fourth-order valence-electron chi connectivity index (χ4n) is 1.76. The van der Waals surface area contributed by atoms with Crippen molar-refractivity contribution in [1.82, 2.24) is 14.9 Å². The summed E-state index contributed by atoms with van der Waals surface area (Å²) in [6, 6.07) is 6.22. The van der Waals surface area contributed by atoms with E-state index in [1.165, 1.54) is 6.07 Å². The highest BCUT2D eigenvalue weighted by Gasteiger charge is 2.07. The Morgan fingerprint density at radius 3 is 2.58 bits per heavy atom. The molecule has 1 aromatic carbocycles. The molecule has 0 saturated heterocycles. The van der Waals surface area contributed by atoms with Gasteiger partial charge in [-0.25, -0.2) is 17.5 Å². The molecule has 1 aromatic rings. The first-order chi connectivity index (χ1) is 10.8. The molecule has 0 fully saturated rings. The Bertz CT molecular complexity index is 628. The number of hydrogen-bond donors (Lipinski definition) is 2. The van der Waals surface area contributed by atoms with Crippen LogP contribution < -0.4 is 14.8 Å². The van der Waals surface area contributed by atoms with Gasteiger partial charge in [0.25, 0.3) is 0 Å². The fraction of sp³-hybridized carbons (Fsp3) is 0.500. The molecule has 0 unspecified atom stereocenters. The van der Waals surface area contributed by atoms with E-state index in [0.717, 1.165) is 6.26 Å². The summed E-state index contributed by atoms with van der Waals surface area (Å²) in [6.45, 7) is 1.45. The standard InChI is InChI=1S/C14H23FN4O3S.HI/c1-16-14(17-8-9-18-23(3,20)21)19(2)10-11-22-13-7-5-4-6-12(13)15;/h4-7,18H,8-11H2,1-3H3,(H,16,17);1H. The molecular formula is C14H24FIN4O3S. The third-order valence-corrected chi connectivity index (χ3v) is 3.60. The van der Waals surface area contributed by atoms with E-state index >= 15 is 0 Å². The number of rotatable bonds is 8. The van der Waals surface area contributed by atoms with Crippen LogP contribution in [0.2, 0.25) is 0 Å². The highest BCUT2D eigenvalue weighted by molar-refractivity contribution is 14.0. The molecule has 0 aliphatic heterocycles. The zero-order valence-corrected chi connectivity index (χ0v) is 17.1. The zero-order chi connectivity index (χ0) is 17.3. The minimum absolute atomic E-state index is 0. The molecule has 0 spiro atoms. The molecular weight excluding hydrogens is 450 g/mol. The molecule has 0 aliphatic rings. The lowest BCUT2D eigenvalue weighted by Crippen LogP contribution is -2.43. The Hall–Kier alpha value is -1.14. The highest BCUT2D eigenvalue weighted by Crippen LogP contribution is 2.14. The third kappa shape index (κ3) is 9.23. The summed E-state index contributed by atoms with van der Waals surface area (Å²) in [5.74, 6) is 0.406. The van der Waals surface area contributed by atoms with Crippen molar-refractivity contribution < 1.29 is 17.5 Å². The van der Waals surface area contributed by atoms with Crippen molar-refractivity contribution in [2.45, 2.75) is 0 Å². The van der Waals surface area contributed by atoms with Crippen LogP contribution in [0.25, 0.3) is 0 Å². The largest absolute Gasteiger partial charge is 0.489 e. The molecule has 0 amide bonds. The van der Waals surface area contributed by atoms with Crippen LogP contribution in [-0.4, -0.2) is 65.9 Å². The molecule has 0 heterocycles. The number of guanidine groups is 1. The average Bonchev–Trinajstić information content (AvgIpc) is 2.48. The van der Waals surface area contributed by atoms with Crippen LogP contribution >= 0.6 is 24.0 Å². The summed E-state index contributed by atoms with van der Waals surface area (Å²) in [4.78, 5) is 5.90. The predicted octanol–water partition coefficient (Wildman–Crippen LogP) is 0.879. The molecule has 0 aliphatic carbocycles. The smallest absolute Gasteiger partial charge is 0.208 e. The molecule has 0 saturated carbocycles. The number of halogens is 2. The zero-order valence-electron chi connectivity index (χ0n) is 14.0. The van der Waals surface area contributed by atoms with Crippen molar-refractivity contribution in [3.63, 3.8) is 0 Å². The molecule has 0 bridgehead atoms. The van der Waals surface area contributed by atoms with Crippen molar-refractivity contribution in [3.8, 4) is 5.75 Å². The van der Waals surface area contributed by atoms with Gasteiger partial charge in [0.1, 0.15) is 6.61 Å². The number of para-hydroxylation sites is 1. The molecule has 0 aromatic heterocycles. The lowest BCUT2D eigenvalue weighted by Gasteiger charge is -2.22. The van der Waals surface area contributed by atoms with Gasteiger partial charge in [-0.05, 0) is 12.1 Å². The molecule has 1 rings (SSSR count). The summed E-state index contributed by atoms with van der Waals surface area (Å²) in [5, 5.41) is 3.02. The van der Waals surface area contributed by atoms with Crippen LogP contribution in [0, 0.1) is 5.82 Å². The van der Waals surface area contributed by atoms with Crippen LogP contribution in [0.5, 0.6) is 5.75 Å². The number of benzene rings is 1. The molecule has 7 nitrogen and oxygen atoms in total. The van der Waals surface area contributed by atoms with E-state index in [9.17, 15) is 12.8 Å². The van der Waals surface area contributed by atoms with Crippen LogP contribution in [0.15, 0.2) is 29.3 Å². The van der Waals surface area contributed by atoms with Crippen molar-refractivity contribution in [1.29, 1.82) is 0 Å². The van der Waals surface area contributed by atoms with Gasteiger partial charge in [-0.1, -0.05) is 12.1 Å². The number of aliphatic imine (C=N–C) groups is 1. The second-order valence-electron chi connectivity index (χ2n) is 4.84. The van der Waals surface area contributed by atoms with Gasteiger partial charge in [0.05, 0.1) is 12.8 Å². The molecule has 10 heteroatoms. The Kier molecular flexibility index (Phi) is 10.9. The third-order valence-electron chi connectivity index (χ3n) is 2.87. The van der Waals surface area contributed by atoms with Gasteiger partial charge < -0.3 is 15.0 Å². The Morgan fingerprint density at radius 1 is 1.33 bits per heavy atom. The maximum absolute atomic E-state index is 13.4. The van der Waals surface area contributed by atoms with Gasteiger partial charge in [-0.15, -0.1) is 24.0 Å². The van der Waals surface area contributed by atoms with Crippen molar-refractivity contribution in [2.24, 2.45) is 4.99 Å². The number of hydrogen-bond acceptors (Lipinski definition) is 4. The summed E-state index contributed by atoms with van der Waals surface area (Å²) in [6.07, 6.45) is 1.11. The maximum atomic E-state index is 13.4. The van der Waals surface area contributed by atoms with Gasteiger partial charge in [0.15, 0.2) is 17.5 Å². The molecule has 2 N–H and O–H groups in total. The highest BCUT2D eigenvalue weighted by atomic mass is 127. The van der Waals surface area contributed by atoms with Gasteiger partial charge in [-0.2, -0.15) is 0 Å². The number of nitrogens with zero attached hydrogens (tertiary/aromatic N) is 2. The number of nitrogens with one attached hydrogen (secondary N) is 2. The van der Waals surface area contributed by atoms with Crippen molar-refractivity contribution in [2.75, 3.05) is 46.6 Å². The summed E-state index contributed by atoms with van der Waals surface area (Å²) in [7, 11) is 0.238. The Labute approximate surface area is 159 Å². The molecule has 0 radical (unpaired) electrons. The molecule has 0 atom stereocenters. The van der Waals surface area contributed by atoms with Crippen LogP contribution in [0.1, 0.15) is 0 Å². The van der Waals surface area contributed by atoms with E-state index < -0.39 is 15.8 Å². The lowest BCUT2D eigenvalue weighted by atomic mass is 10.3. The maximum Gasteiger partial charge on any atom is 0.208 e. The van der Waals surface area contributed by atoms with Gasteiger partial charge in [0, 0.05) is 27.2 Å². The van der Waals surface area contributed by atoms with Crippen LogP contribution in [0.4, 0.5) is 4.39 Å². The second-order valence-corrected chi connectivity index (χ2v) is 6.67. The summed E-state index contributed by atoms with van der Waals surface area (Å²) < 4.78 is 43.1. The van der Waals surface area contributed by atoms with E-state index in [0.29, 0.717) is 25.7 Å². The second kappa shape index (κ2) is 11.4. The van der Waals surface area contributed by atoms with Crippen molar-refractivity contribution >= 4 is 40.0 Å². The van der Waals surface area contributed by atoms with Gasteiger partial charge >= 0.3 is 0 Å². The van der Waals surface area contributed by atoms with E-state index in [4.69, 9.17) is 4.74 Å². The minimum atomic E-state index is -3.20. The summed E-state index contributed by atoms with van der Waals surface area (Å²) >= 11 is 0. The Morgan fingerprint density at radius 2 is 2.00 bits per heavy atom. The van der Waals surface area contributed by atoms with E-state index in [1.807, 2.05) is 7.05 Å². The molecule has 138 valence electrons. The molecule has 24 heavy (non-hydrogen) atoms. The van der Waals surface area contributed by atoms with E-state index in [1.54, 1.807) is 30.1 Å². The summed E-state index contributed by atoms with van der Waals surface area (Å²) in [5.41, 5.74) is 0. The van der Waals surface area contributed by atoms with E-state index in [-0.39, 0.29) is 36.3 Å². The number of ether oxygens (including phenoxy) is 1. The van der Waals surface area contributed by atoms with Crippen molar-refractivity contribution in [3.05, 3.63) is 30.1 Å². The van der Waals surface area contributed by atoms with E-state index in [2.05, 4.69) is 15.0 Å². The number of sulfonamides is 1. The normalized spacial score (nSPS) is 11.6. The Balaban J connectivity index is 0.00000529. The first-order valence-electron chi connectivity index (χ1n) is 7.07. The van der Waals surface area contributed by atoms with Gasteiger partial charge in [0.2, 0.25) is 10.0 Å². The predicted molar refractivity (Wildman–Crippen MR) is 104 cm³/mol. The fourth-order valence-corrected chi connectivity index (χ4v) is 2.23. The quantitative estimate of drug-likeness (QED) is 0.253. The first-order valence-corrected chi connectivity index (χ1v) is 8.96. The minimum Gasteiger partial charge on any atom is -0.489 e. The van der Waals surface area contributed by atoms with Crippen LogP contribution in [-0.2, 0) is 10.0 Å². The SMILES string of the molecule is CN=C(NCCNS(C)(=O)=O)N(C)CCOc1ccccc1F.I. The number of likely N-dealkylation sites (N-methyl/N-ethyl adjacent to an activating group) is 1. The van der Waals surface area contributed by atoms with Crippen LogP contribution in [0.3, 0.4) is 0 Å². The lowest BCUT2D eigenvalue weighted by molar-refractivity contribution is 0.270. The first kappa shape index (κ1) is 22.9. The van der Waals surface area contributed by atoms with Gasteiger partial charge in [-0.3, -0.25) is 4.99 Å². The topological polar surface area (TPSA) is 83.0 Å². The average molecular weight is 474 g/mol. The monoisotopic (exact) mass is 474 g/mol.